The second-order valence-electron chi connectivity index (χ2n) is 10.7. The van der Waals surface area contributed by atoms with Crippen molar-refractivity contribution >= 4 is 32.5 Å². The fourth-order valence-electron chi connectivity index (χ4n) is 6.03. The molecule has 0 saturated carbocycles. The van der Waals surface area contributed by atoms with Crippen LogP contribution in [0.1, 0.15) is 23.3 Å². The van der Waals surface area contributed by atoms with E-state index < -0.39 is 119 Å². The van der Waals surface area contributed by atoms with Gasteiger partial charge in [0.25, 0.3) is 0 Å². The van der Waals surface area contributed by atoms with Gasteiger partial charge in [-0.2, -0.15) is 0 Å². The zero-order valence-corrected chi connectivity index (χ0v) is 24.4. The molecule has 1 heterocycles. The van der Waals surface area contributed by atoms with Crippen LogP contribution in [0.2, 0.25) is 0 Å². The molecule has 9 rings (SSSR count). The van der Waals surface area contributed by atoms with Gasteiger partial charge in [0.05, 0.1) is 23.3 Å². The molecule has 0 spiro atoms. The van der Waals surface area contributed by atoms with E-state index in [4.69, 9.17) is 16.8 Å². The molecular weight excluding hydrogens is 569 g/mol. The summed E-state index contributed by atoms with van der Waals surface area (Å²) in [5, 5.41) is -0.330. The SMILES string of the molecule is [2H]c1c([2H])c([2H])c(-c2c([2H])c([2H])c(-c3oc4ccc(-c5ccccc5)cc4c3-c3c4c([2H])c([2H])c([2H])c([2H])c4c(-c4ccccc4)c4c([2H])c([2H])c([2H])c([2H])c34)c([2H])c2[2H])c([2H])c1[2H]. The highest BCUT2D eigenvalue weighted by Crippen LogP contribution is 2.50. The van der Waals surface area contributed by atoms with E-state index >= 15 is 0 Å². The largest absolute Gasteiger partial charge is 0.455 e. The van der Waals surface area contributed by atoms with Crippen molar-refractivity contribution in [2.45, 2.75) is 0 Å². The monoisotopic (exact) mass is 615 g/mol. The van der Waals surface area contributed by atoms with E-state index in [-0.39, 0.29) is 55.0 Å². The number of fused-ring (bicyclic) bond motifs is 3. The van der Waals surface area contributed by atoms with E-state index in [0.717, 1.165) is 5.56 Å². The van der Waals surface area contributed by atoms with Gasteiger partial charge in [0.2, 0.25) is 0 Å². The highest BCUT2D eigenvalue weighted by atomic mass is 16.3. The van der Waals surface area contributed by atoms with Gasteiger partial charge in [-0.25, -0.2) is 0 Å². The summed E-state index contributed by atoms with van der Waals surface area (Å²) < 4.78 is 159. The van der Waals surface area contributed by atoms with Gasteiger partial charge in [0, 0.05) is 22.1 Å². The summed E-state index contributed by atoms with van der Waals surface area (Å²) in [4.78, 5) is 0. The Kier molecular flexibility index (Phi) is 3.60. The standard InChI is InChI=1S/C46H30O/c1-4-14-31(15-5-1)33-24-26-35(27-25-33)46-45(41-30-36(28-29-42(41)47-46)32-16-6-2-7-17-32)44-39-22-12-10-20-37(39)43(34-18-8-3-9-19-34)38-21-11-13-23-40(38)44/h1-30H/i1D,4D,5D,10D,11D,12D,13D,14D,15D,20D,21D,22D,23D,24D,25D,26D,27D. The average molecular weight is 616 g/mol. The highest BCUT2D eigenvalue weighted by Gasteiger charge is 2.24. The van der Waals surface area contributed by atoms with Gasteiger partial charge in [-0.05, 0) is 67.1 Å². The molecule has 0 bridgehead atoms. The fraction of sp³-hybridized carbons (Fsp3) is 0. The van der Waals surface area contributed by atoms with E-state index in [1.165, 1.54) is 0 Å². The van der Waals surface area contributed by atoms with Gasteiger partial charge in [-0.1, -0.05) is 169 Å². The molecule has 1 aromatic heterocycles. The zero-order valence-electron chi connectivity index (χ0n) is 41.4. The topological polar surface area (TPSA) is 13.1 Å². The Morgan fingerprint density at radius 1 is 0.340 bits per heavy atom. The molecule has 0 aliphatic heterocycles. The summed E-state index contributed by atoms with van der Waals surface area (Å²) in [7, 11) is 0. The lowest BCUT2D eigenvalue weighted by Gasteiger charge is -2.18. The van der Waals surface area contributed by atoms with Crippen LogP contribution in [0, 0.1) is 0 Å². The van der Waals surface area contributed by atoms with Crippen molar-refractivity contribution in [3.8, 4) is 55.8 Å². The summed E-state index contributed by atoms with van der Waals surface area (Å²) in [5.41, 5.74) is 0.0893. The van der Waals surface area contributed by atoms with Crippen molar-refractivity contribution in [2.75, 3.05) is 0 Å². The first-order valence-corrected chi connectivity index (χ1v) is 14.7. The maximum atomic E-state index is 9.52. The molecule has 0 atom stereocenters. The van der Waals surface area contributed by atoms with E-state index in [1.807, 2.05) is 30.3 Å². The van der Waals surface area contributed by atoms with Crippen LogP contribution in [0.15, 0.2) is 186 Å². The van der Waals surface area contributed by atoms with Crippen LogP contribution >= 0.6 is 0 Å². The summed E-state index contributed by atoms with van der Waals surface area (Å²) in [6.45, 7) is 0. The lowest BCUT2D eigenvalue weighted by molar-refractivity contribution is 0.632. The number of rotatable bonds is 5. The number of furan rings is 1. The minimum atomic E-state index is -0.788. The van der Waals surface area contributed by atoms with Crippen molar-refractivity contribution in [3.05, 3.63) is 182 Å². The molecule has 0 unspecified atom stereocenters. The van der Waals surface area contributed by atoms with E-state index in [1.54, 1.807) is 48.5 Å². The van der Waals surface area contributed by atoms with Crippen LogP contribution in [0.4, 0.5) is 0 Å². The molecule has 0 fully saturated rings. The van der Waals surface area contributed by atoms with Crippen molar-refractivity contribution in [1.29, 1.82) is 0 Å². The first-order valence-electron chi connectivity index (χ1n) is 23.2. The smallest absolute Gasteiger partial charge is 0.143 e. The molecule has 220 valence electrons. The molecular formula is C46H30O. The molecule has 8 aromatic carbocycles. The molecule has 0 N–H and O–H groups in total. The van der Waals surface area contributed by atoms with Gasteiger partial charge >= 0.3 is 0 Å². The normalized spacial score (nSPS) is 16.5. The molecule has 0 radical (unpaired) electrons. The van der Waals surface area contributed by atoms with Crippen LogP contribution in [-0.4, -0.2) is 0 Å². The summed E-state index contributed by atoms with van der Waals surface area (Å²) >= 11 is 0. The zero-order chi connectivity index (χ0) is 46.0. The molecule has 9 aromatic rings. The molecule has 0 aliphatic carbocycles. The third-order valence-electron chi connectivity index (χ3n) is 8.08. The number of hydrogen-bond acceptors (Lipinski definition) is 1. The van der Waals surface area contributed by atoms with Gasteiger partial charge < -0.3 is 4.42 Å². The van der Waals surface area contributed by atoms with E-state index in [0.29, 0.717) is 11.1 Å². The lowest BCUT2D eigenvalue weighted by atomic mass is 9.84. The van der Waals surface area contributed by atoms with Gasteiger partial charge in [-0.15, -0.1) is 0 Å². The first-order chi connectivity index (χ1) is 30.4. The minimum absolute atomic E-state index is 0.0752. The second kappa shape index (κ2) is 11.3. The van der Waals surface area contributed by atoms with Gasteiger partial charge in [-0.3, -0.25) is 0 Å². The van der Waals surface area contributed by atoms with E-state index in [2.05, 4.69) is 0 Å². The molecule has 1 nitrogen and oxygen atoms in total. The predicted molar refractivity (Wildman–Crippen MR) is 198 cm³/mol. The quantitative estimate of drug-likeness (QED) is 0.176. The summed E-state index contributed by atoms with van der Waals surface area (Å²) in [6.07, 6.45) is 0. The Labute approximate surface area is 297 Å². The third-order valence-corrected chi connectivity index (χ3v) is 8.08. The third kappa shape index (κ3) is 4.64. The van der Waals surface area contributed by atoms with Crippen molar-refractivity contribution < 1.29 is 27.7 Å². The molecule has 47 heavy (non-hydrogen) atoms. The van der Waals surface area contributed by atoms with E-state index in [9.17, 15) is 11.0 Å². The van der Waals surface area contributed by atoms with Crippen LogP contribution < -0.4 is 0 Å². The highest BCUT2D eigenvalue weighted by molar-refractivity contribution is 6.25. The second-order valence-corrected chi connectivity index (χ2v) is 10.7. The molecule has 1 heteroatoms. The molecule has 0 saturated heterocycles. The Bertz CT molecular complexity index is 3370. The molecule has 0 aliphatic rings. The summed E-state index contributed by atoms with van der Waals surface area (Å²) in [5.74, 6) is -0.361. The van der Waals surface area contributed by atoms with Crippen molar-refractivity contribution in [3.63, 3.8) is 0 Å². The summed E-state index contributed by atoms with van der Waals surface area (Å²) in [6, 6.07) is 11.0. The maximum absolute atomic E-state index is 9.52. The number of benzene rings is 8. The van der Waals surface area contributed by atoms with Crippen LogP contribution in [0.3, 0.4) is 0 Å². The van der Waals surface area contributed by atoms with Gasteiger partial charge in [0.15, 0.2) is 0 Å². The lowest BCUT2D eigenvalue weighted by Crippen LogP contribution is -1.91. The minimum Gasteiger partial charge on any atom is -0.455 e. The predicted octanol–water partition coefficient (Wildman–Crippen LogP) is 13.1. The number of hydrogen-bond donors (Lipinski definition) is 0. The van der Waals surface area contributed by atoms with Crippen LogP contribution in [0.5, 0.6) is 0 Å². The first kappa shape index (κ1) is 14.9. The maximum Gasteiger partial charge on any atom is 0.143 e. The Morgan fingerprint density at radius 3 is 1.47 bits per heavy atom. The van der Waals surface area contributed by atoms with Crippen LogP contribution in [0.25, 0.3) is 88.3 Å². The fourth-order valence-corrected chi connectivity index (χ4v) is 6.03. The average Bonchev–Trinajstić information content (AvgIpc) is 3.67. The Morgan fingerprint density at radius 2 is 0.851 bits per heavy atom. The van der Waals surface area contributed by atoms with Crippen LogP contribution in [-0.2, 0) is 0 Å². The Hall–Kier alpha value is -6.18. The van der Waals surface area contributed by atoms with Crippen molar-refractivity contribution in [2.24, 2.45) is 0 Å². The Balaban J connectivity index is 1.56. The van der Waals surface area contributed by atoms with Crippen molar-refractivity contribution in [1.82, 2.24) is 0 Å². The molecule has 0 amide bonds. The van der Waals surface area contributed by atoms with Gasteiger partial charge in [0.1, 0.15) is 11.3 Å².